The lowest BCUT2D eigenvalue weighted by atomic mass is 9.84. The maximum absolute atomic E-state index is 13.2. The van der Waals surface area contributed by atoms with Gasteiger partial charge in [-0.05, 0) is 43.4 Å². The Bertz CT molecular complexity index is 789. The standard InChI is InChI=1S/C18H20N4O3/c23-17(13-5-3-6-14(8-13)21-11-19-10-20-21)22-15-7-2-1-4-12(15)9-16(22)18(24)25/h3,5-6,8,10-12,15-16H,1-2,4,7,9H2,(H,24,25)/t12-,15+,16+/m1/s1. The van der Waals surface area contributed by atoms with Crippen molar-refractivity contribution in [3.8, 4) is 5.69 Å². The Hall–Kier alpha value is -2.70. The van der Waals surface area contributed by atoms with Crippen molar-refractivity contribution < 1.29 is 14.7 Å². The minimum absolute atomic E-state index is 0.0392. The number of rotatable bonds is 3. The van der Waals surface area contributed by atoms with E-state index in [1.54, 1.807) is 34.1 Å². The number of nitrogens with zero attached hydrogens (tertiary/aromatic N) is 4. The van der Waals surface area contributed by atoms with Gasteiger partial charge in [-0.2, -0.15) is 5.10 Å². The van der Waals surface area contributed by atoms with E-state index in [9.17, 15) is 14.7 Å². The van der Waals surface area contributed by atoms with Gasteiger partial charge >= 0.3 is 5.97 Å². The molecule has 1 amide bonds. The van der Waals surface area contributed by atoms with Crippen molar-refractivity contribution in [1.29, 1.82) is 0 Å². The van der Waals surface area contributed by atoms with E-state index in [0.717, 1.165) is 31.4 Å². The monoisotopic (exact) mass is 340 g/mol. The van der Waals surface area contributed by atoms with E-state index in [2.05, 4.69) is 10.1 Å². The molecular formula is C18H20N4O3. The van der Waals surface area contributed by atoms with Crippen LogP contribution in [0.3, 0.4) is 0 Å². The van der Waals surface area contributed by atoms with Crippen LogP contribution in [-0.2, 0) is 4.79 Å². The lowest BCUT2D eigenvalue weighted by molar-refractivity contribution is -0.141. The molecule has 0 radical (unpaired) electrons. The Morgan fingerprint density at radius 2 is 2.04 bits per heavy atom. The molecule has 1 aliphatic heterocycles. The van der Waals surface area contributed by atoms with Crippen molar-refractivity contribution in [2.45, 2.75) is 44.2 Å². The van der Waals surface area contributed by atoms with E-state index in [4.69, 9.17) is 0 Å². The van der Waals surface area contributed by atoms with Gasteiger partial charge in [0.1, 0.15) is 18.7 Å². The topological polar surface area (TPSA) is 88.3 Å². The zero-order valence-electron chi connectivity index (χ0n) is 13.8. The zero-order chi connectivity index (χ0) is 17.4. The van der Waals surface area contributed by atoms with Crippen LogP contribution in [0.4, 0.5) is 0 Å². The first-order valence-electron chi connectivity index (χ1n) is 8.65. The Morgan fingerprint density at radius 1 is 1.20 bits per heavy atom. The summed E-state index contributed by atoms with van der Waals surface area (Å²) in [5.41, 5.74) is 1.22. The summed E-state index contributed by atoms with van der Waals surface area (Å²) in [6.45, 7) is 0. The molecule has 2 fully saturated rings. The summed E-state index contributed by atoms with van der Waals surface area (Å²) >= 11 is 0. The predicted molar refractivity (Wildman–Crippen MR) is 89.3 cm³/mol. The van der Waals surface area contributed by atoms with Gasteiger partial charge in [-0.25, -0.2) is 14.5 Å². The predicted octanol–water partition coefficient (Wildman–Crippen LogP) is 2.13. The highest BCUT2D eigenvalue weighted by Crippen LogP contribution is 2.40. The Morgan fingerprint density at radius 3 is 2.80 bits per heavy atom. The lowest BCUT2D eigenvalue weighted by Gasteiger charge is -2.33. The van der Waals surface area contributed by atoms with Gasteiger partial charge in [-0.3, -0.25) is 4.79 Å². The number of aliphatic carboxylic acids is 1. The van der Waals surface area contributed by atoms with E-state index >= 15 is 0 Å². The molecular weight excluding hydrogens is 320 g/mol. The van der Waals surface area contributed by atoms with Gasteiger partial charge in [0.2, 0.25) is 0 Å². The SMILES string of the molecule is O=C(O)[C@@H]1C[C@H]2CCCC[C@@H]2N1C(=O)c1cccc(-n2cncn2)c1. The molecule has 2 aromatic rings. The number of hydrogen-bond donors (Lipinski definition) is 1. The van der Waals surface area contributed by atoms with Crippen LogP contribution in [0, 0.1) is 5.92 Å². The Balaban J connectivity index is 1.67. The number of carbonyl (C=O) groups is 2. The number of carboxylic acid groups (broad SMARTS) is 1. The first-order valence-corrected chi connectivity index (χ1v) is 8.65. The van der Waals surface area contributed by atoms with Crippen molar-refractivity contribution in [3.63, 3.8) is 0 Å². The van der Waals surface area contributed by atoms with Crippen LogP contribution >= 0.6 is 0 Å². The molecule has 1 saturated heterocycles. The number of carbonyl (C=O) groups excluding carboxylic acids is 1. The lowest BCUT2D eigenvalue weighted by Crippen LogP contribution is -2.46. The third-order valence-electron chi connectivity index (χ3n) is 5.38. The molecule has 7 heteroatoms. The van der Waals surface area contributed by atoms with Crippen LogP contribution in [0.15, 0.2) is 36.9 Å². The van der Waals surface area contributed by atoms with Crippen molar-refractivity contribution >= 4 is 11.9 Å². The number of amides is 1. The van der Waals surface area contributed by atoms with Crippen LogP contribution < -0.4 is 0 Å². The van der Waals surface area contributed by atoms with E-state index in [0.29, 0.717) is 17.9 Å². The van der Waals surface area contributed by atoms with Crippen molar-refractivity contribution in [2.75, 3.05) is 0 Å². The summed E-state index contributed by atoms with van der Waals surface area (Å²) in [4.78, 5) is 30.4. The summed E-state index contributed by atoms with van der Waals surface area (Å²) in [6, 6.07) is 6.42. The minimum atomic E-state index is -0.907. The van der Waals surface area contributed by atoms with Gasteiger partial charge in [0.15, 0.2) is 0 Å². The summed E-state index contributed by atoms with van der Waals surface area (Å²) in [7, 11) is 0. The van der Waals surface area contributed by atoms with E-state index in [-0.39, 0.29) is 11.9 Å². The van der Waals surface area contributed by atoms with E-state index in [1.165, 1.54) is 6.33 Å². The highest BCUT2D eigenvalue weighted by molar-refractivity contribution is 5.97. The molecule has 4 rings (SSSR count). The van der Waals surface area contributed by atoms with Gasteiger partial charge in [-0.15, -0.1) is 0 Å². The molecule has 2 heterocycles. The van der Waals surface area contributed by atoms with E-state index < -0.39 is 12.0 Å². The molecule has 1 saturated carbocycles. The first kappa shape index (κ1) is 15.8. The van der Waals surface area contributed by atoms with Crippen LogP contribution in [0.5, 0.6) is 0 Å². The fourth-order valence-corrected chi connectivity index (χ4v) is 4.24. The van der Waals surface area contributed by atoms with Gasteiger partial charge in [0.25, 0.3) is 5.91 Å². The molecule has 7 nitrogen and oxygen atoms in total. The second-order valence-electron chi connectivity index (χ2n) is 6.80. The molecule has 3 atom stereocenters. The largest absolute Gasteiger partial charge is 0.480 e. The smallest absolute Gasteiger partial charge is 0.326 e. The van der Waals surface area contributed by atoms with Crippen LogP contribution in [-0.4, -0.2) is 48.7 Å². The third kappa shape index (κ3) is 2.79. The number of carboxylic acids is 1. The second kappa shape index (κ2) is 6.31. The molecule has 0 spiro atoms. The normalized spacial score (nSPS) is 25.6. The van der Waals surface area contributed by atoms with Gasteiger partial charge < -0.3 is 10.0 Å². The number of aromatic nitrogens is 3. The van der Waals surface area contributed by atoms with Crippen molar-refractivity contribution in [2.24, 2.45) is 5.92 Å². The van der Waals surface area contributed by atoms with Gasteiger partial charge in [-0.1, -0.05) is 18.9 Å². The van der Waals surface area contributed by atoms with Crippen molar-refractivity contribution in [1.82, 2.24) is 19.7 Å². The molecule has 25 heavy (non-hydrogen) atoms. The van der Waals surface area contributed by atoms with Crippen LogP contribution in [0.2, 0.25) is 0 Å². The third-order valence-corrected chi connectivity index (χ3v) is 5.38. The van der Waals surface area contributed by atoms with Gasteiger partial charge in [0, 0.05) is 11.6 Å². The molecule has 130 valence electrons. The quantitative estimate of drug-likeness (QED) is 0.924. The fourth-order valence-electron chi connectivity index (χ4n) is 4.24. The highest BCUT2D eigenvalue weighted by Gasteiger charge is 2.47. The average Bonchev–Trinajstić information content (AvgIpc) is 3.29. The molecule has 1 aromatic carbocycles. The van der Waals surface area contributed by atoms with Crippen LogP contribution in [0.25, 0.3) is 5.69 Å². The summed E-state index contributed by atoms with van der Waals surface area (Å²) < 4.78 is 1.58. The van der Waals surface area contributed by atoms with Crippen LogP contribution in [0.1, 0.15) is 42.5 Å². The highest BCUT2D eigenvalue weighted by atomic mass is 16.4. The number of fused-ring (bicyclic) bond motifs is 1. The summed E-state index contributed by atoms with van der Waals surface area (Å²) in [5, 5.41) is 13.7. The maximum atomic E-state index is 13.2. The average molecular weight is 340 g/mol. The number of hydrogen-bond acceptors (Lipinski definition) is 4. The fraction of sp³-hybridized carbons (Fsp3) is 0.444. The maximum Gasteiger partial charge on any atom is 0.326 e. The summed E-state index contributed by atoms with van der Waals surface area (Å²) in [6.07, 6.45) is 7.64. The minimum Gasteiger partial charge on any atom is -0.480 e. The second-order valence-corrected chi connectivity index (χ2v) is 6.80. The molecule has 1 aromatic heterocycles. The summed E-state index contributed by atoms with van der Waals surface area (Å²) in [5.74, 6) is -0.809. The Kier molecular flexibility index (Phi) is 3.99. The van der Waals surface area contributed by atoms with Gasteiger partial charge in [0.05, 0.1) is 5.69 Å². The van der Waals surface area contributed by atoms with E-state index in [1.807, 2.05) is 6.07 Å². The number of likely N-dealkylation sites (tertiary alicyclic amines) is 1. The molecule has 0 bridgehead atoms. The first-order chi connectivity index (χ1) is 12.1. The zero-order valence-corrected chi connectivity index (χ0v) is 13.8. The number of benzene rings is 1. The molecule has 1 N–H and O–H groups in total. The molecule has 1 aliphatic carbocycles. The van der Waals surface area contributed by atoms with Crippen molar-refractivity contribution in [3.05, 3.63) is 42.5 Å². The molecule has 2 aliphatic rings. The Labute approximate surface area is 145 Å². The molecule has 0 unspecified atom stereocenters.